The first-order valence-electron chi connectivity index (χ1n) is 4.91. The Labute approximate surface area is 78.5 Å². The quantitative estimate of drug-likeness (QED) is 0.650. The molecule has 2 rings (SSSR count). The first-order valence-corrected chi connectivity index (χ1v) is 4.91. The summed E-state index contributed by atoms with van der Waals surface area (Å²) in [6.07, 6.45) is 4.09. The summed E-state index contributed by atoms with van der Waals surface area (Å²) in [6.45, 7) is 1.50. The molecule has 0 aromatic heterocycles. The van der Waals surface area contributed by atoms with Crippen LogP contribution >= 0.6 is 0 Å². The average molecular weight is 187 g/mol. The lowest BCUT2D eigenvalue weighted by Crippen LogP contribution is -2.41. The zero-order valence-electron chi connectivity index (χ0n) is 8.04. The van der Waals surface area contributed by atoms with Crippen molar-refractivity contribution in [2.45, 2.75) is 37.5 Å². The predicted molar refractivity (Wildman–Crippen MR) is 47.0 cm³/mol. The first-order chi connectivity index (χ1) is 6.35. The van der Waals surface area contributed by atoms with E-state index in [0.29, 0.717) is 6.04 Å². The van der Waals surface area contributed by atoms with Gasteiger partial charge < -0.3 is 14.3 Å². The highest BCUT2D eigenvalue weighted by Gasteiger charge is 2.40. The van der Waals surface area contributed by atoms with Crippen molar-refractivity contribution < 1.29 is 14.3 Å². The van der Waals surface area contributed by atoms with Gasteiger partial charge in [0.2, 0.25) is 0 Å². The number of hydrogen-bond acceptors (Lipinski definition) is 4. The van der Waals surface area contributed by atoms with Crippen LogP contribution in [-0.4, -0.2) is 32.2 Å². The molecule has 76 valence electrons. The predicted octanol–water partition coefficient (Wildman–Crippen LogP) is 0.823. The molecule has 4 heteroatoms. The number of rotatable bonds is 2. The van der Waals surface area contributed by atoms with Crippen LogP contribution in [0.3, 0.4) is 0 Å². The van der Waals surface area contributed by atoms with E-state index in [2.05, 4.69) is 5.48 Å². The van der Waals surface area contributed by atoms with Gasteiger partial charge in [-0.3, -0.25) is 0 Å². The van der Waals surface area contributed by atoms with Crippen LogP contribution in [0.15, 0.2) is 0 Å². The molecular formula is C9H17NO3. The van der Waals surface area contributed by atoms with Crippen LogP contribution in [0.2, 0.25) is 0 Å². The summed E-state index contributed by atoms with van der Waals surface area (Å²) in [5.74, 6) is -0.244. The molecule has 0 unspecified atom stereocenters. The van der Waals surface area contributed by atoms with Gasteiger partial charge >= 0.3 is 0 Å². The second-order valence-corrected chi connectivity index (χ2v) is 3.70. The maximum absolute atomic E-state index is 5.62. The molecule has 0 aromatic carbocycles. The highest BCUT2D eigenvalue weighted by molar-refractivity contribution is 4.84. The Kier molecular flexibility index (Phi) is 2.83. The van der Waals surface area contributed by atoms with E-state index in [1.165, 1.54) is 0 Å². The summed E-state index contributed by atoms with van der Waals surface area (Å²) in [5, 5.41) is 0. The highest BCUT2D eigenvalue weighted by Crippen LogP contribution is 2.35. The molecule has 1 saturated heterocycles. The van der Waals surface area contributed by atoms with Crippen LogP contribution in [0.4, 0.5) is 0 Å². The van der Waals surface area contributed by atoms with Crippen molar-refractivity contribution in [3.05, 3.63) is 0 Å². The lowest BCUT2D eigenvalue weighted by molar-refractivity contribution is -0.183. The lowest BCUT2D eigenvalue weighted by Gasteiger charge is -2.35. The second kappa shape index (κ2) is 3.92. The third-order valence-electron chi connectivity index (χ3n) is 2.85. The van der Waals surface area contributed by atoms with E-state index in [-0.39, 0.29) is 5.79 Å². The number of hydroxylamine groups is 1. The van der Waals surface area contributed by atoms with E-state index in [9.17, 15) is 0 Å². The molecule has 4 nitrogen and oxygen atoms in total. The molecule has 0 bridgehead atoms. The highest BCUT2D eigenvalue weighted by atomic mass is 16.7. The van der Waals surface area contributed by atoms with E-state index < -0.39 is 0 Å². The van der Waals surface area contributed by atoms with E-state index in [1.54, 1.807) is 7.11 Å². The normalized spacial score (nSPS) is 28.4. The van der Waals surface area contributed by atoms with Crippen molar-refractivity contribution in [2.24, 2.45) is 0 Å². The van der Waals surface area contributed by atoms with Gasteiger partial charge in [-0.25, -0.2) is 0 Å². The molecule has 2 fully saturated rings. The van der Waals surface area contributed by atoms with Gasteiger partial charge in [-0.1, -0.05) is 0 Å². The summed E-state index contributed by atoms with van der Waals surface area (Å²) >= 11 is 0. The fraction of sp³-hybridized carbons (Fsp3) is 1.00. The number of hydrogen-bond donors (Lipinski definition) is 1. The summed E-state index contributed by atoms with van der Waals surface area (Å²) in [4.78, 5) is 4.90. The number of nitrogens with one attached hydrogen (secondary N) is 1. The Morgan fingerprint density at radius 3 is 2.38 bits per heavy atom. The average Bonchev–Trinajstić information content (AvgIpc) is 2.59. The lowest BCUT2D eigenvalue weighted by atomic mass is 9.90. The molecule has 1 heterocycles. The van der Waals surface area contributed by atoms with Crippen LogP contribution in [0, 0.1) is 0 Å². The van der Waals surface area contributed by atoms with Gasteiger partial charge in [0, 0.05) is 18.9 Å². The first kappa shape index (κ1) is 9.40. The van der Waals surface area contributed by atoms with Gasteiger partial charge in [0.15, 0.2) is 5.79 Å². The summed E-state index contributed by atoms with van der Waals surface area (Å²) in [5.41, 5.74) is 2.98. The minimum atomic E-state index is -0.244. The van der Waals surface area contributed by atoms with Crippen molar-refractivity contribution in [3.63, 3.8) is 0 Å². The molecule has 0 aromatic rings. The van der Waals surface area contributed by atoms with Crippen molar-refractivity contribution in [2.75, 3.05) is 20.3 Å². The number of ether oxygens (including phenoxy) is 2. The summed E-state index contributed by atoms with van der Waals surface area (Å²) < 4.78 is 11.2. The third-order valence-corrected chi connectivity index (χ3v) is 2.85. The third kappa shape index (κ3) is 2.02. The standard InChI is InChI=1S/C9H17NO3/c1-11-10-8-2-4-9(5-3-8)12-6-7-13-9/h8,10H,2-7H2,1H3. The van der Waals surface area contributed by atoms with E-state index in [0.717, 1.165) is 38.9 Å². The van der Waals surface area contributed by atoms with Crippen LogP contribution in [0.1, 0.15) is 25.7 Å². The molecule has 0 amide bonds. The fourth-order valence-corrected chi connectivity index (χ4v) is 2.13. The van der Waals surface area contributed by atoms with E-state index >= 15 is 0 Å². The molecule has 0 atom stereocenters. The zero-order valence-corrected chi connectivity index (χ0v) is 8.04. The molecule has 0 radical (unpaired) electrons. The molecule has 1 saturated carbocycles. The van der Waals surface area contributed by atoms with Crippen LogP contribution in [-0.2, 0) is 14.3 Å². The molecule has 1 spiro atoms. The Morgan fingerprint density at radius 2 is 1.85 bits per heavy atom. The Balaban J connectivity index is 1.81. The van der Waals surface area contributed by atoms with Crippen molar-refractivity contribution in [1.29, 1.82) is 0 Å². The van der Waals surface area contributed by atoms with Gasteiger partial charge in [0.1, 0.15) is 0 Å². The van der Waals surface area contributed by atoms with Gasteiger partial charge in [-0.05, 0) is 12.8 Å². The monoisotopic (exact) mass is 187 g/mol. The van der Waals surface area contributed by atoms with Gasteiger partial charge in [-0.2, -0.15) is 5.48 Å². The van der Waals surface area contributed by atoms with Gasteiger partial charge in [0.25, 0.3) is 0 Å². The van der Waals surface area contributed by atoms with Crippen molar-refractivity contribution >= 4 is 0 Å². The van der Waals surface area contributed by atoms with E-state index in [4.69, 9.17) is 14.3 Å². The molecule has 1 aliphatic carbocycles. The Morgan fingerprint density at radius 1 is 1.23 bits per heavy atom. The van der Waals surface area contributed by atoms with Crippen LogP contribution in [0.5, 0.6) is 0 Å². The SMILES string of the molecule is CONC1CCC2(CC1)OCCO2. The maximum Gasteiger partial charge on any atom is 0.168 e. The molecule has 1 aliphatic heterocycles. The zero-order chi connectivity index (χ0) is 9.15. The van der Waals surface area contributed by atoms with Crippen LogP contribution < -0.4 is 5.48 Å². The largest absolute Gasteiger partial charge is 0.348 e. The topological polar surface area (TPSA) is 39.7 Å². The molecule has 1 N–H and O–H groups in total. The minimum Gasteiger partial charge on any atom is -0.348 e. The second-order valence-electron chi connectivity index (χ2n) is 3.70. The summed E-state index contributed by atoms with van der Waals surface area (Å²) in [7, 11) is 1.66. The summed E-state index contributed by atoms with van der Waals surface area (Å²) in [6, 6.07) is 0.462. The van der Waals surface area contributed by atoms with Crippen molar-refractivity contribution in [1.82, 2.24) is 5.48 Å². The van der Waals surface area contributed by atoms with Crippen molar-refractivity contribution in [3.8, 4) is 0 Å². The van der Waals surface area contributed by atoms with E-state index in [1.807, 2.05) is 0 Å². The molecular weight excluding hydrogens is 170 g/mol. The fourth-order valence-electron chi connectivity index (χ4n) is 2.13. The van der Waals surface area contributed by atoms with Gasteiger partial charge in [0.05, 0.1) is 20.3 Å². The molecule has 13 heavy (non-hydrogen) atoms. The molecule has 2 aliphatic rings. The Hall–Kier alpha value is -0.160. The maximum atomic E-state index is 5.62. The smallest absolute Gasteiger partial charge is 0.168 e. The van der Waals surface area contributed by atoms with Crippen LogP contribution in [0.25, 0.3) is 0 Å². The minimum absolute atomic E-state index is 0.244. The van der Waals surface area contributed by atoms with Gasteiger partial charge in [-0.15, -0.1) is 0 Å². The Bertz CT molecular complexity index is 158.